The Morgan fingerprint density at radius 1 is 1.26 bits per heavy atom. The largest absolute Gasteiger partial charge is 0.298 e. The van der Waals surface area contributed by atoms with Crippen molar-refractivity contribution in [2.24, 2.45) is 7.05 Å². The lowest BCUT2D eigenvalue weighted by atomic mass is 10.1. The molecule has 0 saturated heterocycles. The van der Waals surface area contributed by atoms with E-state index in [2.05, 4.69) is 10.2 Å². The fraction of sp³-hybridized carbons (Fsp3) is 0.500. The van der Waals surface area contributed by atoms with Gasteiger partial charge in [0.1, 0.15) is 5.69 Å². The van der Waals surface area contributed by atoms with E-state index in [1.54, 1.807) is 4.68 Å². The number of aldehydes is 1. The summed E-state index contributed by atoms with van der Waals surface area (Å²) in [5.74, 6) is 0. The monoisotopic (exact) mass is 258 g/mol. The third-order valence-corrected chi connectivity index (χ3v) is 3.85. The van der Waals surface area contributed by atoms with Gasteiger partial charge in [-0.15, -0.1) is 0 Å². The highest BCUT2D eigenvalue weighted by Gasteiger charge is 2.21. The Balaban J connectivity index is 2.05. The highest BCUT2D eigenvalue weighted by molar-refractivity contribution is 5.85. The molecule has 1 fully saturated rings. The lowest BCUT2D eigenvalue weighted by Gasteiger charge is -2.08. The van der Waals surface area contributed by atoms with Crippen LogP contribution in [0.25, 0.3) is 11.3 Å². The normalized spacial score (nSPS) is 16.1. The maximum atomic E-state index is 11.3. The fourth-order valence-electron chi connectivity index (χ4n) is 2.89. The van der Waals surface area contributed by atoms with Gasteiger partial charge in [0.2, 0.25) is 0 Å². The van der Waals surface area contributed by atoms with E-state index in [0.29, 0.717) is 11.6 Å². The maximum absolute atomic E-state index is 11.3. The third kappa shape index (κ3) is 2.09. The molecule has 19 heavy (non-hydrogen) atoms. The van der Waals surface area contributed by atoms with Gasteiger partial charge in [0, 0.05) is 25.0 Å². The number of rotatable bonds is 3. The van der Waals surface area contributed by atoms with E-state index in [4.69, 9.17) is 0 Å². The first kappa shape index (κ1) is 12.1. The quantitative estimate of drug-likeness (QED) is 0.795. The van der Waals surface area contributed by atoms with Gasteiger partial charge < -0.3 is 0 Å². The van der Waals surface area contributed by atoms with E-state index in [0.717, 1.165) is 36.1 Å². The summed E-state index contributed by atoms with van der Waals surface area (Å²) in [6.45, 7) is 1.94. The predicted molar refractivity (Wildman–Crippen MR) is 72.1 cm³/mol. The zero-order valence-electron chi connectivity index (χ0n) is 11.3. The van der Waals surface area contributed by atoms with Crippen LogP contribution in [0, 0.1) is 6.92 Å². The van der Waals surface area contributed by atoms with Crippen molar-refractivity contribution in [3.05, 3.63) is 23.7 Å². The topological polar surface area (TPSA) is 52.7 Å². The molecule has 2 heterocycles. The Kier molecular flexibility index (Phi) is 2.97. The molecular formula is C14H18N4O. The first-order valence-electron chi connectivity index (χ1n) is 6.74. The number of aryl methyl sites for hydroxylation is 2. The molecule has 0 radical (unpaired) electrons. The Morgan fingerprint density at radius 2 is 2.00 bits per heavy atom. The molecule has 0 bridgehead atoms. The van der Waals surface area contributed by atoms with Crippen molar-refractivity contribution in [2.45, 2.75) is 38.6 Å². The van der Waals surface area contributed by atoms with Crippen LogP contribution in [0.4, 0.5) is 0 Å². The number of hydrogen-bond acceptors (Lipinski definition) is 3. The van der Waals surface area contributed by atoms with Crippen LogP contribution < -0.4 is 0 Å². The molecule has 0 amide bonds. The average Bonchev–Trinajstić information content (AvgIpc) is 3.07. The number of carbonyl (C=O) groups excluding carboxylic acids is 1. The van der Waals surface area contributed by atoms with Gasteiger partial charge >= 0.3 is 0 Å². The molecular weight excluding hydrogens is 240 g/mol. The highest BCUT2D eigenvalue weighted by atomic mass is 16.1. The molecule has 0 atom stereocenters. The van der Waals surface area contributed by atoms with Crippen LogP contribution in [0.2, 0.25) is 0 Å². The highest BCUT2D eigenvalue weighted by Crippen LogP contribution is 2.31. The molecule has 0 aromatic carbocycles. The summed E-state index contributed by atoms with van der Waals surface area (Å²) < 4.78 is 3.73. The van der Waals surface area contributed by atoms with E-state index in [9.17, 15) is 4.79 Å². The molecule has 0 unspecified atom stereocenters. The van der Waals surface area contributed by atoms with Gasteiger partial charge in [-0.1, -0.05) is 12.8 Å². The summed E-state index contributed by atoms with van der Waals surface area (Å²) in [6, 6.07) is 0.449. The summed E-state index contributed by atoms with van der Waals surface area (Å²) in [5, 5.41) is 8.96. The summed E-state index contributed by atoms with van der Waals surface area (Å²) >= 11 is 0. The Labute approximate surface area is 112 Å². The van der Waals surface area contributed by atoms with Gasteiger partial charge in [-0.2, -0.15) is 10.2 Å². The van der Waals surface area contributed by atoms with E-state index < -0.39 is 0 Å². The smallest absolute Gasteiger partial charge is 0.153 e. The van der Waals surface area contributed by atoms with Crippen molar-refractivity contribution < 1.29 is 4.79 Å². The number of carbonyl (C=O) groups is 1. The molecule has 1 aliphatic carbocycles. The predicted octanol–water partition coefficient (Wildman–Crippen LogP) is 2.52. The first-order valence-corrected chi connectivity index (χ1v) is 6.74. The Bertz CT molecular complexity index is 605. The SMILES string of the molecule is Cc1nn(C)cc1-c1nn(C2CCCC2)cc1C=O. The number of aromatic nitrogens is 4. The van der Waals surface area contributed by atoms with Gasteiger partial charge in [-0.25, -0.2) is 0 Å². The van der Waals surface area contributed by atoms with Gasteiger partial charge in [0.05, 0.1) is 17.3 Å². The van der Waals surface area contributed by atoms with Crippen molar-refractivity contribution >= 4 is 6.29 Å². The molecule has 0 aliphatic heterocycles. The molecule has 3 rings (SSSR count). The van der Waals surface area contributed by atoms with Gasteiger partial charge in [-0.3, -0.25) is 14.2 Å². The van der Waals surface area contributed by atoms with Crippen molar-refractivity contribution in [3.63, 3.8) is 0 Å². The van der Waals surface area contributed by atoms with Gasteiger partial charge in [0.25, 0.3) is 0 Å². The van der Waals surface area contributed by atoms with Gasteiger partial charge in [-0.05, 0) is 19.8 Å². The lowest BCUT2D eigenvalue weighted by Crippen LogP contribution is -2.04. The van der Waals surface area contributed by atoms with Gasteiger partial charge in [0.15, 0.2) is 6.29 Å². The van der Waals surface area contributed by atoms with E-state index in [-0.39, 0.29) is 0 Å². The molecule has 5 nitrogen and oxygen atoms in total. The molecule has 1 saturated carbocycles. The van der Waals surface area contributed by atoms with Crippen molar-refractivity contribution in [1.82, 2.24) is 19.6 Å². The summed E-state index contributed by atoms with van der Waals surface area (Å²) in [7, 11) is 1.88. The van der Waals surface area contributed by atoms with E-state index >= 15 is 0 Å². The van der Waals surface area contributed by atoms with Crippen LogP contribution in [0.1, 0.15) is 47.8 Å². The third-order valence-electron chi connectivity index (χ3n) is 3.85. The minimum Gasteiger partial charge on any atom is -0.298 e. The standard InChI is InChI=1S/C14H18N4O/c1-10-13(8-17(2)15-10)14-11(9-19)7-18(16-14)12-5-3-4-6-12/h7-9,12H,3-6H2,1-2H3. The Morgan fingerprint density at radius 3 is 2.58 bits per heavy atom. The number of hydrogen-bond donors (Lipinski definition) is 0. The van der Waals surface area contributed by atoms with Crippen LogP contribution in [0.15, 0.2) is 12.4 Å². The van der Waals surface area contributed by atoms with Crippen molar-refractivity contribution in [3.8, 4) is 11.3 Å². The van der Waals surface area contributed by atoms with Crippen molar-refractivity contribution in [1.29, 1.82) is 0 Å². The van der Waals surface area contributed by atoms with Crippen LogP contribution in [-0.4, -0.2) is 25.8 Å². The molecule has 0 N–H and O–H groups in total. The van der Waals surface area contributed by atoms with Crippen LogP contribution in [0.3, 0.4) is 0 Å². The zero-order chi connectivity index (χ0) is 13.4. The molecule has 100 valence electrons. The minimum atomic E-state index is 0.449. The average molecular weight is 258 g/mol. The molecule has 5 heteroatoms. The van der Waals surface area contributed by atoms with Crippen LogP contribution >= 0.6 is 0 Å². The first-order chi connectivity index (χ1) is 9.19. The van der Waals surface area contributed by atoms with Crippen LogP contribution in [0.5, 0.6) is 0 Å². The van der Waals surface area contributed by atoms with Crippen LogP contribution in [-0.2, 0) is 7.05 Å². The second kappa shape index (κ2) is 4.64. The summed E-state index contributed by atoms with van der Waals surface area (Å²) in [5.41, 5.74) is 3.26. The minimum absolute atomic E-state index is 0.449. The molecule has 1 aliphatic rings. The molecule has 2 aromatic heterocycles. The Hall–Kier alpha value is -1.91. The molecule has 0 spiro atoms. The lowest BCUT2D eigenvalue weighted by molar-refractivity contribution is 0.112. The fourth-order valence-corrected chi connectivity index (χ4v) is 2.89. The maximum Gasteiger partial charge on any atom is 0.153 e. The summed E-state index contributed by atoms with van der Waals surface area (Å²) in [4.78, 5) is 11.3. The number of nitrogens with zero attached hydrogens (tertiary/aromatic N) is 4. The molecule has 2 aromatic rings. The van der Waals surface area contributed by atoms with E-state index in [1.165, 1.54) is 12.8 Å². The zero-order valence-corrected chi connectivity index (χ0v) is 11.3. The second-order valence-corrected chi connectivity index (χ2v) is 5.27. The second-order valence-electron chi connectivity index (χ2n) is 5.27. The van der Waals surface area contributed by atoms with Crippen molar-refractivity contribution in [2.75, 3.05) is 0 Å². The van der Waals surface area contributed by atoms with E-state index in [1.807, 2.05) is 31.0 Å². The summed E-state index contributed by atoms with van der Waals surface area (Å²) in [6.07, 6.45) is 9.51.